The summed E-state index contributed by atoms with van der Waals surface area (Å²) in [5, 5.41) is 2.82. The molecule has 114 valence electrons. The third-order valence-electron chi connectivity index (χ3n) is 3.12. The number of primary amides is 1. The van der Waals surface area contributed by atoms with Gasteiger partial charge in [0.05, 0.1) is 0 Å². The summed E-state index contributed by atoms with van der Waals surface area (Å²) < 4.78 is 5.16. The zero-order chi connectivity index (χ0) is 16.1. The highest BCUT2D eigenvalue weighted by Crippen LogP contribution is 2.17. The summed E-state index contributed by atoms with van der Waals surface area (Å²) in [4.78, 5) is 22.9. The first-order chi connectivity index (χ1) is 10.5. The van der Waals surface area contributed by atoms with Gasteiger partial charge in [0, 0.05) is 11.3 Å². The van der Waals surface area contributed by atoms with Gasteiger partial charge in [0.2, 0.25) is 0 Å². The van der Waals surface area contributed by atoms with Gasteiger partial charge in [-0.05, 0) is 49.7 Å². The molecule has 0 heterocycles. The number of aryl methyl sites for hydroxylation is 2. The zero-order valence-corrected chi connectivity index (χ0v) is 12.6. The Labute approximate surface area is 129 Å². The second kappa shape index (κ2) is 6.76. The van der Waals surface area contributed by atoms with Gasteiger partial charge in [0.25, 0.3) is 11.8 Å². The van der Waals surface area contributed by atoms with Crippen LogP contribution in [0.2, 0.25) is 0 Å². The fourth-order valence-corrected chi connectivity index (χ4v) is 2.06. The molecule has 2 aromatic carbocycles. The van der Waals surface area contributed by atoms with Crippen molar-refractivity contribution in [2.75, 3.05) is 11.9 Å². The quantitative estimate of drug-likeness (QED) is 0.889. The average molecular weight is 298 g/mol. The average Bonchev–Trinajstić information content (AvgIpc) is 2.46. The largest absolute Gasteiger partial charge is 0.484 e. The lowest BCUT2D eigenvalue weighted by molar-refractivity contribution is -0.119. The standard InChI is InChI=1S/C17H18N2O3/c1-11-3-8-15(12(2)9-11)17(21)19-13-4-6-14(7-5-13)22-10-16(18)20/h3-9H,10H2,1-2H3,(H2,18,20)(H,19,21). The van der Waals surface area contributed by atoms with Crippen LogP contribution >= 0.6 is 0 Å². The van der Waals surface area contributed by atoms with Gasteiger partial charge < -0.3 is 15.8 Å². The number of hydrogen-bond donors (Lipinski definition) is 2. The van der Waals surface area contributed by atoms with Crippen LogP contribution in [0.1, 0.15) is 21.5 Å². The van der Waals surface area contributed by atoms with Gasteiger partial charge in [-0.3, -0.25) is 9.59 Å². The minimum atomic E-state index is -0.535. The van der Waals surface area contributed by atoms with E-state index in [9.17, 15) is 9.59 Å². The molecule has 0 saturated heterocycles. The van der Waals surface area contributed by atoms with Gasteiger partial charge in [-0.1, -0.05) is 17.7 Å². The molecule has 0 spiro atoms. The molecule has 2 amide bonds. The number of benzene rings is 2. The summed E-state index contributed by atoms with van der Waals surface area (Å²) in [6.45, 7) is 3.72. The van der Waals surface area contributed by atoms with Crippen LogP contribution in [-0.2, 0) is 4.79 Å². The molecule has 0 radical (unpaired) electrons. The molecular formula is C17H18N2O3. The van der Waals surface area contributed by atoms with Crippen LogP contribution in [-0.4, -0.2) is 18.4 Å². The van der Waals surface area contributed by atoms with Crippen LogP contribution in [0.4, 0.5) is 5.69 Å². The first kappa shape index (κ1) is 15.6. The number of carbonyl (C=O) groups excluding carboxylic acids is 2. The summed E-state index contributed by atoms with van der Waals surface area (Å²) in [5.74, 6) is -0.182. The number of nitrogens with two attached hydrogens (primary N) is 1. The topological polar surface area (TPSA) is 81.4 Å². The molecule has 0 aliphatic rings. The number of ether oxygens (including phenoxy) is 1. The van der Waals surface area contributed by atoms with Crippen LogP contribution in [0, 0.1) is 13.8 Å². The van der Waals surface area contributed by atoms with Gasteiger partial charge in [0.1, 0.15) is 5.75 Å². The molecule has 0 aromatic heterocycles. The Bertz CT molecular complexity index is 694. The number of amides is 2. The summed E-state index contributed by atoms with van der Waals surface area (Å²) in [5.41, 5.74) is 8.34. The lowest BCUT2D eigenvalue weighted by Gasteiger charge is -2.09. The molecule has 0 aliphatic carbocycles. The fraction of sp³-hybridized carbons (Fsp3) is 0.176. The van der Waals surface area contributed by atoms with E-state index in [1.54, 1.807) is 24.3 Å². The molecule has 0 fully saturated rings. The maximum atomic E-state index is 12.2. The summed E-state index contributed by atoms with van der Waals surface area (Å²) in [6, 6.07) is 12.4. The molecule has 2 aromatic rings. The SMILES string of the molecule is Cc1ccc(C(=O)Nc2ccc(OCC(N)=O)cc2)c(C)c1. The molecule has 0 saturated carbocycles. The van der Waals surface area contributed by atoms with Gasteiger partial charge in [-0.25, -0.2) is 0 Å². The number of hydrogen-bond acceptors (Lipinski definition) is 3. The van der Waals surface area contributed by atoms with E-state index in [-0.39, 0.29) is 12.5 Å². The van der Waals surface area contributed by atoms with Crippen molar-refractivity contribution >= 4 is 17.5 Å². The molecule has 0 aliphatic heterocycles. The van der Waals surface area contributed by atoms with Crippen molar-refractivity contribution in [1.82, 2.24) is 0 Å². The summed E-state index contributed by atoms with van der Waals surface area (Å²) >= 11 is 0. The highest BCUT2D eigenvalue weighted by molar-refractivity contribution is 6.05. The van der Waals surface area contributed by atoms with Gasteiger partial charge in [0.15, 0.2) is 6.61 Å². The smallest absolute Gasteiger partial charge is 0.255 e. The van der Waals surface area contributed by atoms with Crippen molar-refractivity contribution < 1.29 is 14.3 Å². The maximum Gasteiger partial charge on any atom is 0.255 e. The predicted octanol–water partition coefficient (Wildman–Crippen LogP) is 2.42. The normalized spacial score (nSPS) is 10.1. The van der Waals surface area contributed by atoms with E-state index in [0.29, 0.717) is 17.0 Å². The van der Waals surface area contributed by atoms with Crippen LogP contribution in [0.5, 0.6) is 5.75 Å². The van der Waals surface area contributed by atoms with E-state index in [1.165, 1.54) is 0 Å². The lowest BCUT2D eigenvalue weighted by Crippen LogP contribution is -2.20. The highest BCUT2D eigenvalue weighted by Gasteiger charge is 2.09. The van der Waals surface area contributed by atoms with E-state index < -0.39 is 5.91 Å². The molecule has 0 bridgehead atoms. The second-order valence-corrected chi connectivity index (χ2v) is 5.05. The number of nitrogens with one attached hydrogen (secondary N) is 1. The van der Waals surface area contributed by atoms with Crippen molar-refractivity contribution in [2.45, 2.75) is 13.8 Å². The summed E-state index contributed by atoms with van der Waals surface area (Å²) in [6.07, 6.45) is 0. The van der Waals surface area contributed by atoms with Crippen molar-refractivity contribution in [1.29, 1.82) is 0 Å². The van der Waals surface area contributed by atoms with E-state index >= 15 is 0 Å². The molecule has 3 N–H and O–H groups in total. The van der Waals surface area contributed by atoms with Crippen LogP contribution in [0.3, 0.4) is 0 Å². The van der Waals surface area contributed by atoms with Crippen molar-refractivity contribution in [3.05, 3.63) is 59.2 Å². The first-order valence-electron chi connectivity index (χ1n) is 6.85. The Kier molecular flexibility index (Phi) is 4.78. The van der Waals surface area contributed by atoms with Gasteiger partial charge in [-0.15, -0.1) is 0 Å². The van der Waals surface area contributed by atoms with E-state index in [0.717, 1.165) is 11.1 Å². The maximum absolute atomic E-state index is 12.2. The molecular weight excluding hydrogens is 280 g/mol. The molecule has 0 atom stereocenters. The third-order valence-corrected chi connectivity index (χ3v) is 3.12. The Hall–Kier alpha value is -2.82. The van der Waals surface area contributed by atoms with Crippen LogP contribution < -0.4 is 15.8 Å². The van der Waals surface area contributed by atoms with Crippen molar-refractivity contribution in [3.63, 3.8) is 0 Å². The van der Waals surface area contributed by atoms with E-state index in [4.69, 9.17) is 10.5 Å². The minimum absolute atomic E-state index is 0.164. The highest BCUT2D eigenvalue weighted by atomic mass is 16.5. The monoisotopic (exact) mass is 298 g/mol. The van der Waals surface area contributed by atoms with Gasteiger partial charge in [-0.2, -0.15) is 0 Å². The molecule has 2 rings (SSSR count). The van der Waals surface area contributed by atoms with E-state index in [2.05, 4.69) is 5.32 Å². The van der Waals surface area contributed by atoms with Crippen molar-refractivity contribution in [2.24, 2.45) is 5.73 Å². The van der Waals surface area contributed by atoms with Crippen LogP contribution in [0.25, 0.3) is 0 Å². The zero-order valence-electron chi connectivity index (χ0n) is 12.6. The molecule has 5 heteroatoms. The predicted molar refractivity (Wildman–Crippen MR) is 85.0 cm³/mol. The fourth-order valence-electron chi connectivity index (χ4n) is 2.06. The number of anilines is 1. The Balaban J connectivity index is 2.04. The molecule has 5 nitrogen and oxygen atoms in total. The Morgan fingerprint density at radius 3 is 2.36 bits per heavy atom. The number of rotatable bonds is 5. The lowest BCUT2D eigenvalue weighted by atomic mass is 10.1. The van der Waals surface area contributed by atoms with Gasteiger partial charge >= 0.3 is 0 Å². The van der Waals surface area contributed by atoms with Crippen molar-refractivity contribution in [3.8, 4) is 5.75 Å². The molecule has 0 unspecified atom stereocenters. The first-order valence-corrected chi connectivity index (χ1v) is 6.85. The van der Waals surface area contributed by atoms with Crippen LogP contribution in [0.15, 0.2) is 42.5 Å². The third kappa shape index (κ3) is 4.09. The Morgan fingerprint density at radius 1 is 1.09 bits per heavy atom. The summed E-state index contributed by atoms with van der Waals surface area (Å²) in [7, 11) is 0. The van der Waals surface area contributed by atoms with E-state index in [1.807, 2.05) is 32.0 Å². The molecule has 22 heavy (non-hydrogen) atoms. The second-order valence-electron chi connectivity index (χ2n) is 5.05. The Morgan fingerprint density at radius 2 is 1.77 bits per heavy atom. The minimum Gasteiger partial charge on any atom is -0.484 e. The number of carbonyl (C=O) groups is 2.